The molecule has 0 aromatic heterocycles. The zero-order valence-electron chi connectivity index (χ0n) is 9.46. The molecular formula is C12H20N2. The number of nitrogen functional groups attached to an aromatic ring is 1. The first-order valence-electron chi connectivity index (χ1n) is 5.05. The Kier molecular flexibility index (Phi) is 5.61. The lowest BCUT2D eigenvalue weighted by Gasteiger charge is -2.07. The van der Waals surface area contributed by atoms with Crippen molar-refractivity contribution < 1.29 is 0 Å². The number of hydrogen-bond acceptors (Lipinski definition) is 2. The van der Waals surface area contributed by atoms with Gasteiger partial charge in [0.1, 0.15) is 0 Å². The number of rotatable bonds is 2. The largest absolute Gasteiger partial charge is 0.398 e. The Morgan fingerprint density at radius 2 is 1.86 bits per heavy atom. The molecule has 2 nitrogen and oxygen atoms in total. The predicted octanol–water partition coefficient (Wildman–Crippen LogP) is 3.42. The molecule has 0 bridgehead atoms. The van der Waals surface area contributed by atoms with Crippen LogP contribution in [0.15, 0.2) is 18.2 Å². The summed E-state index contributed by atoms with van der Waals surface area (Å²) >= 11 is 0. The summed E-state index contributed by atoms with van der Waals surface area (Å²) in [7, 11) is 0. The smallest absolute Gasteiger partial charge is 0.0405 e. The number of benzene rings is 1. The van der Waals surface area contributed by atoms with Crippen molar-refractivity contribution >= 4 is 11.9 Å². The minimum atomic E-state index is 0.493. The molecule has 0 saturated carbocycles. The molecule has 0 saturated heterocycles. The van der Waals surface area contributed by atoms with E-state index in [2.05, 4.69) is 13.8 Å². The molecule has 1 aromatic rings. The van der Waals surface area contributed by atoms with Crippen LogP contribution in [0.5, 0.6) is 0 Å². The van der Waals surface area contributed by atoms with Crippen molar-refractivity contribution in [3.8, 4) is 0 Å². The first-order chi connectivity index (χ1) is 6.65. The molecule has 0 aliphatic rings. The van der Waals surface area contributed by atoms with Gasteiger partial charge in [0.25, 0.3) is 0 Å². The summed E-state index contributed by atoms with van der Waals surface area (Å²) in [5.74, 6) is 0.493. The second-order valence-corrected chi connectivity index (χ2v) is 3.19. The van der Waals surface area contributed by atoms with Crippen molar-refractivity contribution in [2.75, 3.05) is 5.73 Å². The van der Waals surface area contributed by atoms with Crippen LogP contribution in [0.2, 0.25) is 0 Å². The van der Waals surface area contributed by atoms with Crippen molar-refractivity contribution in [3.05, 3.63) is 29.3 Å². The van der Waals surface area contributed by atoms with E-state index in [1.165, 1.54) is 11.8 Å². The lowest BCUT2D eigenvalue weighted by molar-refractivity contribution is 0.867. The summed E-state index contributed by atoms with van der Waals surface area (Å²) in [5, 5.41) is 7.06. The molecule has 0 radical (unpaired) electrons. The van der Waals surface area contributed by atoms with Crippen LogP contribution in [0.3, 0.4) is 0 Å². The van der Waals surface area contributed by atoms with Gasteiger partial charge in [-0.15, -0.1) is 0 Å². The molecule has 0 aliphatic heterocycles. The zero-order chi connectivity index (χ0) is 11.1. The Hall–Kier alpha value is -1.31. The second kappa shape index (κ2) is 6.19. The molecule has 0 spiro atoms. The van der Waals surface area contributed by atoms with Crippen molar-refractivity contribution in [1.82, 2.24) is 0 Å². The van der Waals surface area contributed by atoms with Gasteiger partial charge in [-0.25, -0.2) is 0 Å². The zero-order valence-corrected chi connectivity index (χ0v) is 9.46. The molecule has 0 atom stereocenters. The van der Waals surface area contributed by atoms with Crippen molar-refractivity contribution in [1.29, 1.82) is 5.41 Å². The third-order valence-electron chi connectivity index (χ3n) is 1.93. The molecule has 3 N–H and O–H groups in total. The maximum absolute atomic E-state index is 7.06. The van der Waals surface area contributed by atoms with Crippen molar-refractivity contribution in [2.24, 2.45) is 0 Å². The maximum Gasteiger partial charge on any atom is 0.0405 e. The van der Waals surface area contributed by atoms with Gasteiger partial charge in [-0.3, -0.25) is 0 Å². The summed E-state index contributed by atoms with van der Waals surface area (Å²) in [5.41, 5.74) is 8.42. The summed E-state index contributed by atoms with van der Waals surface area (Å²) in [6.45, 7) is 8.25. The van der Waals surface area contributed by atoms with E-state index in [-0.39, 0.29) is 0 Å². The van der Waals surface area contributed by atoms with E-state index in [0.717, 1.165) is 5.56 Å². The van der Waals surface area contributed by atoms with Crippen molar-refractivity contribution in [3.63, 3.8) is 0 Å². The number of hydrogen-bond donors (Lipinski definition) is 2. The highest BCUT2D eigenvalue weighted by molar-refractivity contribution is 5.84. The molecule has 0 unspecified atom stereocenters. The normalized spacial score (nSPS) is 9.21. The third-order valence-corrected chi connectivity index (χ3v) is 1.93. The van der Waals surface area contributed by atoms with Gasteiger partial charge >= 0.3 is 0 Å². The number of nitrogens with two attached hydrogens (primary N) is 1. The van der Waals surface area contributed by atoms with Crippen LogP contribution in [0, 0.1) is 5.41 Å². The first-order valence-corrected chi connectivity index (χ1v) is 5.05. The lowest BCUT2D eigenvalue weighted by Crippen LogP contribution is -1.95. The van der Waals surface area contributed by atoms with Crippen LogP contribution in [0.1, 0.15) is 44.7 Å². The van der Waals surface area contributed by atoms with Gasteiger partial charge < -0.3 is 11.1 Å². The van der Waals surface area contributed by atoms with E-state index in [4.69, 9.17) is 11.1 Å². The van der Waals surface area contributed by atoms with E-state index in [0.29, 0.717) is 11.6 Å². The van der Waals surface area contributed by atoms with Gasteiger partial charge in [0.15, 0.2) is 0 Å². The molecule has 78 valence electrons. The van der Waals surface area contributed by atoms with E-state index in [1.54, 1.807) is 0 Å². The molecular weight excluding hydrogens is 172 g/mol. The highest BCUT2D eigenvalue weighted by Crippen LogP contribution is 2.19. The predicted molar refractivity (Wildman–Crippen MR) is 64.2 cm³/mol. The minimum Gasteiger partial charge on any atom is -0.398 e. The summed E-state index contributed by atoms with van der Waals surface area (Å²) < 4.78 is 0. The van der Waals surface area contributed by atoms with E-state index in [9.17, 15) is 0 Å². The fourth-order valence-corrected chi connectivity index (χ4v) is 1.08. The molecule has 0 fully saturated rings. The summed E-state index contributed by atoms with van der Waals surface area (Å²) in [6.07, 6.45) is 1.28. The van der Waals surface area contributed by atoms with Gasteiger partial charge in [-0.1, -0.05) is 39.8 Å². The third kappa shape index (κ3) is 3.21. The van der Waals surface area contributed by atoms with Gasteiger partial charge in [0, 0.05) is 17.5 Å². The quantitative estimate of drug-likeness (QED) is 0.547. The summed E-state index contributed by atoms with van der Waals surface area (Å²) in [4.78, 5) is 0. The fourth-order valence-electron chi connectivity index (χ4n) is 1.08. The Bertz CT molecular complexity index is 290. The molecule has 0 aliphatic carbocycles. The van der Waals surface area contributed by atoms with Gasteiger partial charge in [-0.2, -0.15) is 0 Å². The fraction of sp³-hybridized carbons (Fsp3) is 0.417. The van der Waals surface area contributed by atoms with Crippen LogP contribution in [-0.4, -0.2) is 6.21 Å². The SMILES string of the molecule is CC.CC(C)c1ccc(C=N)c(N)c1. The highest BCUT2D eigenvalue weighted by atomic mass is 14.6. The van der Waals surface area contributed by atoms with Crippen LogP contribution >= 0.6 is 0 Å². The Labute approximate surface area is 86.7 Å². The first kappa shape index (κ1) is 12.7. The standard InChI is InChI=1S/C10H14N2.C2H6/c1-7(2)8-3-4-9(6-11)10(12)5-8;1-2/h3-7,11H,12H2,1-2H3;1-2H3. The van der Waals surface area contributed by atoms with Crippen LogP contribution < -0.4 is 5.73 Å². The number of anilines is 1. The van der Waals surface area contributed by atoms with Crippen LogP contribution in [0.4, 0.5) is 5.69 Å². The molecule has 2 heteroatoms. The Morgan fingerprint density at radius 1 is 1.29 bits per heavy atom. The molecule has 14 heavy (non-hydrogen) atoms. The van der Waals surface area contributed by atoms with Crippen LogP contribution in [0.25, 0.3) is 0 Å². The van der Waals surface area contributed by atoms with Gasteiger partial charge in [-0.05, 0) is 17.5 Å². The average Bonchev–Trinajstić information content (AvgIpc) is 2.20. The lowest BCUT2D eigenvalue weighted by atomic mass is 10.0. The van der Waals surface area contributed by atoms with Crippen molar-refractivity contribution in [2.45, 2.75) is 33.6 Å². The topological polar surface area (TPSA) is 49.9 Å². The van der Waals surface area contributed by atoms with Gasteiger partial charge in [0.05, 0.1) is 0 Å². The Balaban J connectivity index is 0.000000791. The number of nitrogens with one attached hydrogen (secondary N) is 1. The molecule has 0 heterocycles. The monoisotopic (exact) mass is 192 g/mol. The maximum atomic E-state index is 7.06. The summed E-state index contributed by atoms with van der Waals surface area (Å²) in [6, 6.07) is 5.84. The minimum absolute atomic E-state index is 0.493. The Morgan fingerprint density at radius 3 is 2.21 bits per heavy atom. The van der Waals surface area contributed by atoms with E-state index < -0.39 is 0 Å². The molecule has 0 amide bonds. The van der Waals surface area contributed by atoms with Crippen LogP contribution in [-0.2, 0) is 0 Å². The second-order valence-electron chi connectivity index (χ2n) is 3.19. The van der Waals surface area contributed by atoms with E-state index >= 15 is 0 Å². The highest BCUT2D eigenvalue weighted by Gasteiger charge is 2.01. The van der Waals surface area contributed by atoms with E-state index in [1.807, 2.05) is 32.0 Å². The van der Waals surface area contributed by atoms with Gasteiger partial charge in [0.2, 0.25) is 0 Å². The molecule has 1 aromatic carbocycles. The average molecular weight is 192 g/mol. The molecule has 1 rings (SSSR count).